The number of nitrogens with zero attached hydrogens (tertiary/aromatic N) is 1. The minimum Gasteiger partial charge on any atom is -0.496 e. The molecule has 92 valence electrons. The number of hydrogen-bond donors (Lipinski definition) is 0. The van der Waals surface area contributed by atoms with E-state index in [1.54, 1.807) is 0 Å². The first kappa shape index (κ1) is 12.8. The van der Waals surface area contributed by atoms with Gasteiger partial charge in [0.15, 0.2) is 6.29 Å². The fourth-order valence-electron chi connectivity index (χ4n) is 1.43. The quantitative estimate of drug-likeness (QED) is 0.440. The lowest BCUT2D eigenvalue weighted by Crippen LogP contribution is -2.03. The number of rotatable bonds is 5. The zero-order valence-corrected chi connectivity index (χ0v) is 9.55. The van der Waals surface area contributed by atoms with Crippen LogP contribution in [-0.2, 0) is 0 Å². The highest BCUT2D eigenvalue weighted by Crippen LogP contribution is 2.43. The molecule has 1 aromatic carbocycles. The number of aldehydes is 1. The number of hydrogen-bond acceptors (Lipinski definition) is 6. The van der Waals surface area contributed by atoms with E-state index in [0.717, 1.165) is 0 Å². The molecule has 7 nitrogen and oxygen atoms in total. The van der Waals surface area contributed by atoms with Crippen molar-refractivity contribution < 1.29 is 23.9 Å². The summed E-state index contributed by atoms with van der Waals surface area (Å²) in [5.41, 5.74) is -0.430. The molecule has 0 heterocycles. The van der Waals surface area contributed by atoms with Crippen molar-refractivity contribution in [2.45, 2.75) is 0 Å². The minimum atomic E-state index is -0.676. The Morgan fingerprint density at radius 1 is 1.18 bits per heavy atom. The van der Waals surface area contributed by atoms with Gasteiger partial charge in [0.05, 0.1) is 26.3 Å². The largest absolute Gasteiger partial charge is 0.496 e. The molecule has 0 radical (unpaired) electrons. The van der Waals surface area contributed by atoms with E-state index in [4.69, 9.17) is 14.2 Å². The molecule has 0 spiro atoms. The zero-order valence-electron chi connectivity index (χ0n) is 9.55. The summed E-state index contributed by atoms with van der Waals surface area (Å²) < 4.78 is 14.7. The van der Waals surface area contributed by atoms with Gasteiger partial charge in [0.2, 0.25) is 11.5 Å². The number of nitro groups is 1. The van der Waals surface area contributed by atoms with E-state index in [1.165, 1.54) is 27.4 Å². The summed E-state index contributed by atoms with van der Waals surface area (Å²) in [7, 11) is 3.85. The highest BCUT2D eigenvalue weighted by molar-refractivity contribution is 5.88. The van der Waals surface area contributed by atoms with Crippen molar-refractivity contribution in [1.82, 2.24) is 0 Å². The van der Waals surface area contributed by atoms with Crippen molar-refractivity contribution in [2.24, 2.45) is 0 Å². The summed E-state index contributed by atoms with van der Waals surface area (Å²) in [6.45, 7) is 0. The Bertz CT molecular complexity index is 457. The molecule has 0 amide bonds. The molecule has 0 N–H and O–H groups in total. The molecule has 17 heavy (non-hydrogen) atoms. The molecule has 0 fully saturated rings. The van der Waals surface area contributed by atoms with Gasteiger partial charge >= 0.3 is 5.69 Å². The van der Waals surface area contributed by atoms with E-state index in [1.807, 2.05) is 0 Å². The SMILES string of the molecule is COc1cc(OC)c([N+](=O)[O-])c(OC)c1C=O. The Kier molecular flexibility index (Phi) is 3.86. The first-order chi connectivity index (χ1) is 8.10. The van der Waals surface area contributed by atoms with Crippen molar-refractivity contribution >= 4 is 12.0 Å². The van der Waals surface area contributed by atoms with E-state index in [9.17, 15) is 14.9 Å². The van der Waals surface area contributed by atoms with Gasteiger partial charge in [-0.2, -0.15) is 0 Å². The maximum Gasteiger partial charge on any atom is 0.353 e. The molecule has 0 aromatic heterocycles. The summed E-state index contributed by atoms with van der Waals surface area (Å²) in [6.07, 6.45) is 0.435. The maximum absolute atomic E-state index is 10.9. The molecule has 0 atom stereocenters. The number of benzene rings is 1. The predicted molar refractivity (Wildman–Crippen MR) is 58.1 cm³/mol. The van der Waals surface area contributed by atoms with E-state index in [0.29, 0.717) is 6.29 Å². The van der Waals surface area contributed by atoms with Crippen LogP contribution >= 0.6 is 0 Å². The third-order valence-corrected chi connectivity index (χ3v) is 2.17. The fraction of sp³-hybridized carbons (Fsp3) is 0.300. The molecule has 0 saturated carbocycles. The second-order valence-corrected chi connectivity index (χ2v) is 2.95. The molecule has 0 aliphatic carbocycles. The standard InChI is InChI=1S/C10H11NO6/c1-15-7-4-8(16-2)9(11(13)14)10(17-3)6(7)5-12/h4-5H,1-3H3. The summed E-state index contributed by atoms with van der Waals surface area (Å²) in [5.74, 6) is -0.0604. The van der Waals surface area contributed by atoms with E-state index in [2.05, 4.69) is 0 Å². The summed E-state index contributed by atoms with van der Waals surface area (Å²) in [5, 5.41) is 10.9. The van der Waals surface area contributed by atoms with Gasteiger partial charge in [0, 0.05) is 6.07 Å². The third-order valence-electron chi connectivity index (χ3n) is 2.17. The number of ether oxygens (including phenoxy) is 3. The van der Waals surface area contributed by atoms with Crippen molar-refractivity contribution in [3.8, 4) is 17.2 Å². The van der Waals surface area contributed by atoms with Gasteiger partial charge in [-0.1, -0.05) is 0 Å². The van der Waals surface area contributed by atoms with Gasteiger partial charge in [-0.05, 0) is 0 Å². The van der Waals surface area contributed by atoms with Crippen LogP contribution in [0.15, 0.2) is 6.07 Å². The predicted octanol–water partition coefficient (Wildman–Crippen LogP) is 1.43. The second-order valence-electron chi connectivity index (χ2n) is 2.95. The van der Waals surface area contributed by atoms with Crippen molar-refractivity contribution in [3.05, 3.63) is 21.7 Å². The first-order valence-corrected chi connectivity index (χ1v) is 4.53. The van der Waals surface area contributed by atoms with Crippen LogP contribution in [0.2, 0.25) is 0 Å². The van der Waals surface area contributed by atoms with Crippen LogP contribution in [0.3, 0.4) is 0 Å². The van der Waals surface area contributed by atoms with Crippen LogP contribution in [0.1, 0.15) is 10.4 Å². The molecule has 0 aliphatic rings. The summed E-state index contributed by atoms with van der Waals surface area (Å²) >= 11 is 0. The highest BCUT2D eigenvalue weighted by atomic mass is 16.6. The van der Waals surface area contributed by atoms with Gasteiger partial charge in [-0.15, -0.1) is 0 Å². The molecule has 0 saturated heterocycles. The summed E-state index contributed by atoms with van der Waals surface area (Å²) in [6, 6.07) is 1.27. The van der Waals surface area contributed by atoms with E-state index in [-0.39, 0.29) is 22.8 Å². The Morgan fingerprint density at radius 3 is 2.12 bits per heavy atom. The molecule has 1 aromatic rings. The van der Waals surface area contributed by atoms with Gasteiger partial charge in [-0.3, -0.25) is 14.9 Å². The molecular formula is C10H11NO6. The van der Waals surface area contributed by atoms with Crippen LogP contribution in [-0.4, -0.2) is 32.5 Å². The second kappa shape index (κ2) is 5.15. The molecule has 0 bridgehead atoms. The smallest absolute Gasteiger partial charge is 0.353 e. The van der Waals surface area contributed by atoms with E-state index >= 15 is 0 Å². The highest BCUT2D eigenvalue weighted by Gasteiger charge is 2.28. The lowest BCUT2D eigenvalue weighted by molar-refractivity contribution is -0.386. The van der Waals surface area contributed by atoms with E-state index < -0.39 is 10.6 Å². The number of methoxy groups -OCH3 is 3. The monoisotopic (exact) mass is 241 g/mol. The average Bonchev–Trinajstić information content (AvgIpc) is 2.35. The molecule has 0 unspecified atom stereocenters. The number of carbonyl (C=O) groups is 1. The zero-order chi connectivity index (χ0) is 13.0. The van der Waals surface area contributed by atoms with Crippen molar-refractivity contribution in [3.63, 3.8) is 0 Å². The van der Waals surface area contributed by atoms with Crippen LogP contribution in [0.4, 0.5) is 5.69 Å². The number of carbonyl (C=O) groups excluding carboxylic acids is 1. The normalized spacial score (nSPS) is 9.59. The Hall–Kier alpha value is -2.31. The van der Waals surface area contributed by atoms with Crippen molar-refractivity contribution in [1.29, 1.82) is 0 Å². The van der Waals surface area contributed by atoms with Crippen LogP contribution in [0.25, 0.3) is 0 Å². The van der Waals surface area contributed by atoms with Gasteiger partial charge in [0.1, 0.15) is 11.3 Å². The lowest BCUT2D eigenvalue weighted by atomic mass is 10.1. The summed E-state index contributed by atoms with van der Waals surface area (Å²) in [4.78, 5) is 21.2. The molecule has 0 aliphatic heterocycles. The maximum atomic E-state index is 10.9. The Balaban J connectivity index is 3.67. The molecule has 7 heteroatoms. The minimum absolute atomic E-state index is 0.0255. The third kappa shape index (κ3) is 2.12. The topological polar surface area (TPSA) is 87.9 Å². The molecular weight excluding hydrogens is 230 g/mol. The Morgan fingerprint density at radius 2 is 1.76 bits per heavy atom. The van der Waals surface area contributed by atoms with Crippen LogP contribution in [0.5, 0.6) is 17.2 Å². The fourth-order valence-corrected chi connectivity index (χ4v) is 1.43. The molecule has 1 rings (SSSR count). The van der Waals surface area contributed by atoms with Crippen LogP contribution < -0.4 is 14.2 Å². The van der Waals surface area contributed by atoms with Crippen LogP contribution in [0, 0.1) is 10.1 Å². The first-order valence-electron chi connectivity index (χ1n) is 4.53. The lowest BCUT2D eigenvalue weighted by Gasteiger charge is -2.11. The Labute approximate surface area is 97.0 Å². The van der Waals surface area contributed by atoms with Gasteiger partial charge < -0.3 is 14.2 Å². The van der Waals surface area contributed by atoms with Gasteiger partial charge in [0.25, 0.3) is 0 Å². The average molecular weight is 241 g/mol. The number of nitro benzene ring substituents is 1. The van der Waals surface area contributed by atoms with Gasteiger partial charge in [-0.25, -0.2) is 0 Å². The van der Waals surface area contributed by atoms with Crippen molar-refractivity contribution in [2.75, 3.05) is 21.3 Å².